The van der Waals surface area contributed by atoms with Gasteiger partial charge in [-0.15, -0.1) is 0 Å². The molecule has 3 aromatic rings. The van der Waals surface area contributed by atoms with Crippen molar-refractivity contribution < 1.29 is 19.0 Å². The highest BCUT2D eigenvalue weighted by Gasteiger charge is 2.20. The van der Waals surface area contributed by atoms with E-state index in [4.69, 9.17) is 14.2 Å². The van der Waals surface area contributed by atoms with Crippen molar-refractivity contribution in [3.63, 3.8) is 0 Å². The summed E-state index contributed by atoms with van der Waals surface area (Å²) >= 11 is 0. The van der Waals surface area contributed by atoms with Crippen molar-refractivity contribution in [2.75, 3.05) is 21.3 Å². The third kappa shape index (κ3) is 2.62. The van der Waals surface area contributed by atoms with Crippen molar-refractivity contribution in [1.82, 2.24) is 9.97 Å². The fourth-order valence-corrected chi connectivity index (χ4v) is 2.53. The zero-order valence-electron chi connectivity index (χ0n) is 13.6. The maximum Gasteiger partial charge on any atom is 0.212 e. The number of hydrogen-bond donors (Lipinski definition) is 0. The molecule has 0 radical (unpaired) electrons. The molecular formula is C18H16N2O4. The van der Waals surface area contributed by atoms with Crippen molar-refractivity contribution in [3.8, 4) is 17.2 Å². The zero-order valence-corrected chi connectivity index (χ0v) is 13.6. The Kier molecular flexibility index (Phi) is 4.29. The third-order valence-corrected chi connectivity index (χ3v) is 3.68. The molecule has 122 valence electrons. The first kappa shape index (κ1) is 15.7. The van der Waals surface area contributed by atoms with Gasteiger partial charge in [-0.3, -0.25) is 4.79 Å². The summed E-state index contributed by atoms with van der Waals surface area (Å²) in [6.07, 6.45) is 1.38. The van der Waals surface area contributed by atoms with E-state index in [0.717, 1.165) is 0 Å². The van der Waals surface area contributed by atoms with Crippen LogP contribution in [0.1, 0.15) is 16.1 Å². The number of aromatic nitrogens is 2. The minimum Gasteiger partial charge on any atom is -0.493 e. The van der Waals surface area contributed by atoms with Crippen LogP contribution in [0.3, 0.4) is 0 Å². The highest BCUT2D eigenvalue weighted by atomic mass is 16.5. The molecule has 0 spiro atoms. The predicted octanol–water partition coefficient (Wildman–Crippen LogP) is 2.89. The van der Waals surface area contributed by atoms with E-state index in [2.05, 4.69) is 9.97 Å². The summed E-state index contributed by atoms with van der Waals surface area (Å²) in [7, 11) is 4.52. The minimum atomic E-state index is -0.243. The van der Waals surface area contributed by atoms with Gasteiger partial charge in [0.25, 0.3) is 0 Å². The van der Waals surface area contributed by atoms with Gasteiger partial charge in [0.1, 0.15) is 12.0 Å². The third-order valence-electron chi connectivity index (χ3n) is 3.68. The lowest BCUT2D eigenvalue weighted by molar-refractivity contribution is 0.103. The average Bonchev–Trinajstić information content (AvgIpc) is 2.65. The predicted molar refractivity (Wildman–Crippen MR) is 89.1 cm³/mol. The number of fused-ring (bicyclic) bond motifs is 1. The lowest BCUT2D eigenvalue weighted by Gasteiger charge is -2.13. The van der Waals surface area contributed by atoms with Gasteiger partial charge in [-0.25, -0.2) is 9.97 Å². The van der Waals surface area contributed by atoms with E-state index in [1.807, 2.05) is 24.3 Å². The van der Waals surface area contributed by atoms with Gasteiger partial charge >= 0.3 is 0 Å². The molecule has 0 bridgehead atoms. The number of methoxy groups -OCH3 is 3. The molecule has 24 heavy (non-hydrogen) atoms. The molecule has 3 rings (SSSR count). The van der Waals surface area contributed by atoms with Crippen molar-refractivity contribution in [2.45, 2.75) is 0 Å². The molecule has 0 aliphatic heterocycles. The molecule has 0 saturated carbocycles. The van der Waals surface area contributed by atoms with Gasteiger partial charge in [-0.2, -0.15) is 0 Å². The number of para-hydroxylation sites is 1. The Hall–Kier alpha value is -3.15. The molecule has 0 fully saturated rings. The molecular weight excluding hydrogens is 308 g/mol. The van der Waals surface area contributed by atoms with Crippen LogP contribution in [0.25, 0.3) is 10.9 Å². The second-order valence-corrected chi connectivity index (χ2v) is 4.98. The molecule has 6 nitrogen and oxygen atoms in total. The number of ketones is 1. The second-order valence-electron chi connectivity index (χ2n) is 4.98. The summed E-state index contributed by atoms with van der Waals surface area (Å²) in [6.45, 7) is 0. The number of hydrogen-bond acceptors (Lipinski definition) is 6. The van der Waals surface area contributed by atoms with E-state index in [-0.39, 0.29) is 5.78 Å². The van der Waals surface area contributed by atoms with Crippen LogP contribution in [0.2, 0.25) is 0 Å². The summed E-state index contributed by atoms with van der Waals surface area (Å²) in [5, 5.41) is 0.693. The van der Waals surface area contributed by atoms with E-state index < -0.39 is 0 Å². The molecule has 1 heterocycles. The number of carbonyl (C=O) groups excluding carboxylic acids is 1. The van der Waals surface area contributed by atoms with Crippen LogP contribution in [0, 0.1) is 0 Å². The maximum atomic E-state index is 13.0. The van der Waals surface area contributed by atoms with Crippen LogP contribution < -0.4 is 14.2 Å². The highest BCUT2D eigenvalue weighted by molar-refractivity contribution is 6.14. The Morgan fingerprint density at radius 2 is 1.58 bits per heavy atom. The Balaban J connectivity index is 2.16. The number of nitrogens with zero attached hydrogens (tertiary/aromatic N) is 2. The van der Waals surface area contributed by atoms with E-state index in [0.29, 0.717) is 39.4 Å². The summed E-state index contributed by atoms with van der Waals surface area (Å²) in [4.78, 5) is 21.3. The average molecular weight is 324 g/mol. The highest BCUT2D eigenvalue weighted by Crippen LogP contribution is 2.38. The lowest BCUT2D eigenvalue weighted by Crippen LogP contribution is -2.07. The standard InChI is InChI=1S/C18H16N2O4/c1-22-14-8-11(9-15(23-2)18(14)24-3)17(21)16-12-6-4-5-7-13(12)19-10-20-16/h4-10H,1-3H3. The zero-order chi connectivity index (χ0) is 17.1. The first-order valence-electron chi connectivity index (χ1n) is 7.24. The van der Waals surface area contributed by atoms with Gasteiger partial charge in [-0.05, 0) is 18.2 Å². The number of carbonyl (C=O) groups is 1. The van der Waals surface area contributed by atoms with Crippen LogP contribution in [-0.2, 0) is 0 Å². The van der Waals surface area contributed by atoms with Crippen LogP contribution in [-0.4, -0.2) is 37.1 Å². The first-order chi connectivity index (χ1) is 11.7. The number of ether oxygens (including phenoxy) is 3. The van der Waals surface area contributed by atoms with Crippen molar-refractivity contribution in [2.24, 2.45) is 0 Å². The molecule has 0 amide bonds. The normalized spacial score (nSPS) is 10.5. The quantitative estimate of drug-likeness (QED) is 0.672. The molecule has 0 atom stereocenters. The second kappa shape index (κ2) is 6.54. The van der Waals surface area contributed by atoms with E-state index in [1.165, 1.54) is 27.7 Å². The van der Waals surface area contributed by atoms with E-state index in [9.17, 15) is 4.79 Å². The Labute approximate surface area is 139 Å². The molecule has 0 saturated heterocycles. The molecule has 0 N–H and O–H groups in total. The van der Waals surface area contributed by atoms with Gasteiger partial charge in [0, 0.05) is 10.9 Å². The fourth-order valence-electron chi connectivity index (χ4n) is 2.53. The Bertz CT molecular complexity index is 878. The van der Waals surface area contributed by atoms with Crippen molar-refractivity contribution in [1.29, 1.82) is 0 Å². The molecule has 1 aromatic heterocycles. The van der Waals surface area contributed by atoms with Crippen molar-refractivity contribution in [3.05, 3.63) is 54.0 Å². The fraction of sp³-hybridized carbons (Fsp3) is 0.167. The summed E-state index contributed by atoms with van der Waals surface area (Å²) in [5.41, 5.74) is 1.44. The Morgan fingerprint density at radius 3 is 2.21 bits per heavy atom. The van der Waals surface area contributed by atoms with Gasteiger partial charge in [0.2, 0.25) is 11.5 Å². The topological polar surface area (TPSA) is 70.5 Å². The van der Waals surface area contributed by atoms with Gasteiger partial charge in [0.15, 0.2) is 11.5 Å². The molecule has 6 heteroatoms. The lowest BCUT2D eigenvalue weighted by atomic mass is 10.0. The maximum absolute atomic E-state index is 13.0. The largest absolute Gasteiger partial charge is 0.493 e. The smallest absolute Gasteiger partial charge is 0.212 e. The van der Waals surface area contributed by atoms with Crippen molar-refractivity contribution >= 4 is 16.7 Å². The van der Waals surface area contributed by atoms with Crippen LogP contribution in [0.15, 0.2) is 42.7 Å². The number of benzene rings is 2. The molecule has 0 aliphatic rings. The van der Waals surface area contributed by atoms with E-state index in [1.54, 1.807) is 12.1 Å². The number of rotatable bonds is 5. The molecule has 0 aliphatic carbocycles. The van der Waals surface area contributed by atoms with Crippen LogP contribution >= 0.6 is 0 Å². The molecule has 2 aromatic carbocycles. The summed E-state index contributed by atoms with van der Waals surface area (Å²) < 4.78 is 15.9. The van der Waals surface area contributed by atoms with E-state index >= 15 is 0 Å². The summed E-state index contributed by atoms with van der Waals surface area (Å²) in [5.74, 6) is 1.02. The van der Waals surface area contributed by atoms with Crippen LogP contribution in [0.5, 0.6) is 17.2 Å². The van der Waals surface area contributed by atoms with Gasteiger partial charge < -0.3 is 14.2 Å². The SMILES string of the molecule is COc1cc(C(=O)c2ncnc3ccccc23)cc(OC)c1OC. The first-order valence-corrected chi connectivity index (χ1v) is 7.24. The monoisotopic (exact) mass is 324 g/mol. The minimum absolute atomic E-state index is 0.243. The van der Waals surface area contributed by atoms with Crippen LogP contribution in [0.4, 0.5) is 0 Å². The summed E-state index contributed by atoms with van der Waals surface area (Å²) in [6, 6.07) is 10.6. The van der Waals surface area contributed by atoms with Gasteiger partial charge in [-0.1, -0.05) is 18.2 Å². The van der Waals surface area contributed by atoms with Gasteiger partial charge in [0.05, 0.1) is 26.8 Å². The molecule has 0 unspecified atom stereocenters. The Morgan fingerprint density at radius 1 is 0.917 bits per heavy atom.